The van der Waals surface area contributed by atoms with Gasteiger partial charge in [0.2, 0.25) is 0 Å². The molecule has 1 fully saturated rings. The van der Waals surface area contributed by atoms with Gasteiger partial charge in [-0.25, -0.2) is 13.2 Å². The van der Waals surface area contributed by atoms with Gasteiger partial charge in [0.1, 0.15) is 6.67 Å². The third-order valence-corrected chi connectivity index (χ3v) is 7.26. The first-order valence-corrected chi connectivity index (χ1v) is 13.5. The summed E-state index contributed by atoms with van der Waals surface area (Å²) in [5.74, 6) is -1.90. The fraction of sp³-hybridized carbons (Fsp3) is 0.406. The molecule has 38 heavy (non-hydrogen) atoms. The second-order valence-electron chi connectivity index (χ2n) is 10.5. The molecule has 0 aromatic heterocycles. The van der Waals surface area contributed by atoms with Crippen molar-refractivity contribution in [1.29, 1.82) is 0 Å². The fourth-order valence-corrected chi connectivity index (χ4v) is 5.31. The maximum absolute atomic E-state index is 14.0. The molecule has 0 radical (unpaired) electrons. The van der Waals surface area contributed by atoms with Crippen LogP contribution in [0.3, 0.4) is 0 Å². The zero-order valence-corrected chi connectivity index (χ0v) is 22.4. The minimum atomic E-state index is -0.853. The van der Waals surface area contributed by atoms with Crippen LogP contribution in [0.4, 0.5) is 18.9 Å². The molecule has 1 heterocycles. The summed E-state index contributed by atoms with van der Waals surface area (Å²) >= 11 is 0. The number of esters is 1. The van der Waals surface area contributed by atoms with Crippen molar-refractivity contribution in [3.63, 3.8) is 0 Å². The van der Waals surface area contributed by atoms with Crippen LogP contribution in [0.5, 0.6) is 0 Å². The second kappa shape index (κ2) is 12.5. The van der Waals surface area contributed by atoms with Crippen molar-refractivity contribution >= 4 is 11.7 Å². The van der Waals surface area contributed by atoms with Gasteiger partial charge in [0, 0.05) is 30.8 Å². The molecule has 3 aromatic rings. The van der Waals surface area contributed by atoms with E-state index in [0.717, 1.165) is 41.6 Å². The molecule has 0 amide bonds. The minimum absolute atomic E-state index is 0.141. The van der Waals surface area contributed by atoms with Crippen LogP contribution < -0.4 is 4.90 Å². The van der Waals surface area contributed by atoms with Crippen LogP contribution in [0, 0.1) is 17.6 Å². The Labute approximate surface area is 223 Å². The molecular weight excluding hydrogens is 487 g/mol. The van der Waals surface area contributed by atoms with Gasteiger partial charge in [-0.3, -0.25) is 4.79 Å². The average molecular weight is 524 g/mol. The summed E-state index contributed by atoms with van der Waals surface area (Å²) in [5.41, 5.74) is 5.19. The molecule has 3 nitrogen and oxygen atoms in total. The van der Waals surface area contributed by atoms with E-state index in [-0.39, 0.29) is 11.9 Å². The van der Waals surface area contributed by atoms with Crippen molar-refractivity contribution < 1.29 is 22.7 Å². The molecule has 3 aromatic carbocycles. The molecular formula is C32H36F3NO2. The Morgan fingerprint density at radius 1 is 1.00 bits per heavy atom. The maximum atomic E-state index is 14.0. The van der Waals surface area contributed by atoms with Crippen LogP contribution in [-0.2, 0) is 16.2 Å². The Morgan fingerprint density at radius 3 is 2.42 bits per heavy atom. The van der Waals surface area contributed by atoms with Crippen molar-refractivity contribution in [1.82, 2.24) is 0 Å². The molecule has 6 heteroatoms. The highest BCUT2D eigenvalue weighted by Crippen LogP contribution is 2.37. The van der Waals surface area contributed by atoms with Gasteiger partial charge in [-0.1, -0.05) is 56.3 Å². The smallest absolute Gasteiger partial charge is 0.313 e. The first-order valence-electron chi connectivity index (χ1n) is 13.5. The van der Waals surface area contributed by atoms with Crippen LogP contribution in [0.1, 0.15) is 68.6 Å². The molecule has 1 aliphatic rings. The normalized spacial score (nSPS) is 16.5. The highest BCUT2D eigenvalue weighted by atomic mass is 19.2. The van der Waals surface area contributed by atoms with Gasteiger partial charge in [0.05, 0.1) is 12.5 Å². The van der Waals surface area contributed by atoms with Gasteiger partial charge in [-0.15, -0.1) is 0 Å². The average Bonchev–Trinajstić information content (AvgIpc) is 2.93. The van der Waals surface area contributed by atoms with Gasteiger partial charge in [0.15, 0.2) is 11.6 Å². The number of piperidine rings is 1. The Balaban J connectivity index is 1.74. The lowest BCUT2D eigenvalue weighted by Crippen LogP contribution is -2.34. The zero-order chi connectivity index (χ0) is 27.2. The van der Waals surface area contributed by atoms with Crippen LogP contribution >= 0.6 is 0 Å². The molecule has 0 bridgehead atoms. The van der Waals surface area contributed by atoms with E-state index in [9.17, 15) is 18.0 Å². The van der Waals surface area contributed by atoms with E-state index in [1.165, 1.54) is 12.1 Å². The van der Waals surface area contributed by atoms with Gasteiger partial charge in [-0.05, 0) is 72.1 Å². The number of nitrogens with zero attached hydrogens (tertiary/aromatic N) is 1. The number of rotatable bonds is 9. The van der Waals surface area contributed by atoms with Crippen molar-refractivity contribution in [2.24, 2.45) is 5.92 Å². The minimum Gasteiger partial charge on any atom is -0.466 e. The number of halogens is 3. The topological polar surface area (TPSA) is 29.5 Å². The largest absolute Gasteiger partial charge is 0.466 e. The monoisotopic (exact) mass is 523 g/mol. The molecule has 0 aliphatic carbocycles. The summed E-state index contributed by atoms with van der Waals surface area (Å²) in [6.45, 7) is 7.21. The Hall–Kier alpha value is -3.28. The van der Waals surface area contributed by atoms with Crippen molar-refractivity contribution in [3.8, 4) is 11.1 Å². The summed E-state index contributed by atoms with van der Waals surface area (Å²) in [6, 6.07) is 17.7. The van der Waals surface area contributed by atoms with Crippen molar-refractivity contribution in [2.45, 2.75) is 58.5 Å². The lowest BCUT2D eigenvalue weighted by Gasteiger charge is -2.35. The summed E-state index contributed by atoms with van der Waals surface area (Å²) < 4.78 is 46.1. The molecule has 1 saturated heterocycles. The number of hydrogen-bond acceptors (Lipinski definition) is 3. The molecule has 4 rings (SSSR count). The fourth-order valence-electron chi connectivity index (χ4n) is 5.31. The Kier molecular flexibility index (Phi) is 9.13. The molecule has 0 spiro atoms. The molecule has 2 atom stereocenters. The van der Waals surface area contributed by atoms with Gasteiger partial charge in [-0.2, -0.15) is 0 Å². The van der Waals surface area contributed by atoms with E-state index in [0.29, 0.717) is 36.7 Å². The number of alkyl halides is 1. The predicted molar refractivity (Wildman–Crippen MR) is 146 cm³/mol. The van der Waals surface area contributed by atoms with E-state index in [2.05, 4.69) is 30.9 Å². The van der Waals surface area contributed by atoms with E-state index in [1.54, 1.807) is 18.2 Å². The first kappa shape index (κ1) is 27.7. The van der Waals surface area contributed by atoms with Gasteiger partial charge >= 0.3 is 5.97 Å². The molecule has 1 aliphatic heterocycles. The number of benzene rings is 3. The maximum Gasteiger partial charge on any atom is 0.313 e. The lowest BCUT2D eigenvalue weighted by molar-refractivity contribution is -0.145. The Bertz CT molecular complexity index is 1240. The summed E-state index contributed by atoms with van der Waals surface area (Å²) in [5, 5.41) is 0. The van der Waals surface area contributed by atoms with E-state index in [4.69, 9.17) is 4.74 Å². The predicted octanol–water partition coefficient (Wildman–Crippen LogP) is 8.18. The van der Waals surface area contributed by atoms with Crippen LogP contribution in [0.15, 0.2) is 60.7 Å². The Morgan fingerprint density at radius 2 is 1.76 bits per heavy atom. The van der Waals surface area contributed by atoms with Crippen molar-refractivity contribution in [2.75, 3.05) is 24.6 Å². The van der Waals surface area contributed by atoms with Crippen LogP contribution in [-0.4, -0.2) is 25.7 Å². The van der Waals surface area contributed by atoms with Crippen molar-refractivity contribution in [3.05, 3.63) is 89.0 Å². The van der Waals surface area contributed by atoms with Crippen LogP contribution in [0.25, 0.3) is 11.1 Å². The third-order valence-electron chi connectivity index (χ3n) is 7.26. The molecule has 202 valence electrons. The third kappa shape index (κ3) is 6.58. The quantitative estimate of drug-likeness (QED) is 0.265. The lowest BCUT2D eigenvalue weighted by atomic mass is 9.83. The number of hydrogen-bond donors (Lipinski definition) is 0. The summed E-state index contributed by atoms with van der Waals surface area (Å²) in [4.78, 5) is 15.1. The van der Waals surface area contributed by atoms with E-state index in [1.807, 2.05) is 25.1 Å². The number of carbonyl (C=O) groups excluding carboxylic acids is 1. The first-order chi connectivity index (χ1) is 18.3. The highest BCUT2D eigenvalue weighted by molar-refractivity contribution is 5.79. The number of anilines is 1. The number of ether oxygens (including phenoxy) is 1. The van der Waals surface area contributed by atoms with Crippen LogP contribution in [0.2, 0.25) is 0 Å². The SMILES string of the molecule is CCOC(=O)C(CC(C)C)c1cc(-c2ccc(CF)cc2)cc(C2CCCN(c3ccc(F)c(F)c3)C2)c1. The second-order valence-corrected chi connectivity index (χ2v) is 10.5. The molecule has 2 unspecified atom stereocenters. The van der Waals surface area contributed by atoms with E-state index < -0.39 is 24.2 Å². The summed E-state index contributed by atoms with van der Waals surface area (Å²) in [7, 11) is 0. The zero-order valence-electron chi connectivity index (χ0n) is 22.4. The van der Waals surface area contributed by atoms with E-state index >= 15 is 0 Å². The summed E-state index contributed by atoms with van der Waals surface area (Å²) in [6.07, 6.45) is 2.51. The number of carbonyl (C=O) groups is 1. The standard InChI is InChI=1S/C32H36F3NO2/c1-4-38-32(37)29(14-21(2)3)27-16-25(23-9-7-22(19-33)8-10-23)15-26(17-27)24-6-5-13-36(20-24)28-11-12-30(34)31(35)18-28/h7-12,15-18,21,24,29H,4-6,13-14,19-20H2,1-3H3. The molecule has 0 saturated carbocycles. The molecule has 0 N–H and O–H groups in total. The highest BCUT2D eigenvalue weighted by Gasteiger charge is 2.27. The van der Waals surface area contributed by atoms with Gasteiger partial charge < -0.3 is 9.64 Å². The van der Waals surface area contributed by atoms with Gasteiger partial charge in [0.25, 0.3) is 0 Å².